The number of thiazole rings is 1. The number of urea groups is 1. The number of carbonyl (C=O) groups excluding carboxylic acids is 2. The highest BCUT2D eigenvalue weighted by molar-refractivity contribution is 7.13. The molecule has 138 valence electrons. The number of nitrogens with one attached hydrogen (secondary N) is 1. The Bertz CT molecular complexity index is 749. The van der Waals surface area contributed by atoms with Gasteiger partial charge in [0.25, 0.3) is 5.91 Å². The van der Waals surface area contributed by atoms with E-state index in [1.165, 1.54) is 21.4 Å². The maximum Gasteiger partial charge on any atom is 0.336 e. The normalized spacial score (nSPS) is 13.9. The molecule has 2 aromatic rings. The molecule has 3 amide bonds. The largest absolute Gasteiger partial charge is 0.337 e. The number of amides is 3. The maximum absolute atomic E-state index is 12.8. The highest BCUT2D eigenvalue weighted by atomic mass is 32.1. The minimum Gasteiger partial charge on any atom is -0.337 e. The molecule has 0 bridgehead atoms. The van der Waals surface area contributed by atoms with Crippen LogP contribution < -0.4 is 5.32 Å². The van der Waals surface area contributed by atoms with E-state index in [9.17, 15) is 9.59 Å². The third-order valence-corrected chi connectivity index (χ3v) is 5.08. The van der Waals surface area contributed by atoms with Crippen molar-refractivity contribution in [1.29, 1.82) is 0 Å². The number of hydrogen-bond acceptors (Lipinski definition) is 5. The molecule has 0 atom stereocenters. The van der Waals surface area contributed by atoms with E-state index in [1.807, 2.05) is 12.1 Å². The molecule has 3 heterocycles. The van der Waals surface area contributed by atoms with E-state index in [0.29, 0.717) is 25.3 Å². The summed E-state index contributed by atoms with van der Waals surface area (Å²) in [5, 5.41) is 8.37. The highest BCUT2D eigenvalue weighted by Crippen LogP contribution is 2.24. The monoisotopic (exact) mass is 373 g/mol. The van der Waals surface area contributed by atoms with E-state index in [-0.39, 0.29) is 11.9 Å². The number of aromatic nitrogens is 2. The first-order valence-corrected chi connectivity index (χ1v) is 9.81. The summed E-state index contributed by atoms with van der Waals surface area (Å²) in [5.41, 5.74) is 1.24. The topological polar surface area (TPSA) is 78.4 Å². The average molecular weight is 373 g/mol. The summed E-state index contributed by atoms with van der Waals surface area (Å²) >= 11 is 1.40. The summed E-state index contributed by atoms with van der Waals surface area (Å²) in [6.07, 6.45) is 7.33. The van der Waals surface area contributed by atoms with E-state index >= 15 is 0 Å². The molecule has 26 heavy (non-hydrogen) atoms. The molecular weight excluding hydrogens is 350 g/mol. The number of unbranched alkanes of at least 4 members (excludes halogenated alkanes) is 2. The Kier molecular flexibility index (Phi) is 6.17. The lowest BCUT2D eigenvalue weighted by Crippen LogP contribution is -2.49. The molecule has 1 N–H and O–H groups in total. The first kappa shape index (κ1) is 18.3. The SMILES string of the molecule is CCCCCNC(=O)N1CCCN1C(=O)c1csc(-c2cccnc2)n1. The second kappa shape index (κ2) is 8.75. The lowest BCUT2D eigenvalue weighted by molar-refractivity contribution is 0.0372. The Morgan fingerprint density at radius 3 is 2.88 bits per heavy atom. The molecule has 7 nitrogen and oxygen atoms in total. The van der Waals surface area contributed by atoms with Crippen LogP contribution in [0.5, 0.6) is 0 Å². The number of hydrazine groups is 1. The Balaban J connectivity index is 1.65. The van der Waals surface area contributed by atoms with Crippen LogP contribution in [0.15, 0.2) is 29.9 Å². The third-order valence-electron chi connectivity index (χ3n) is 4.19. The van der Waals surface area contributed by atoms with Crippen molar-refractivity contribution in [3.63, 3.8) is 0 Å². The molecule has 3 rings (SSSR count). The van der Waals surface area contributed by atoms with Crippen LogP contribution in [0.3, 0.4) is 0 Å². The van der Waals surface area contributed by atoms with Gasteiger partial charge in [0.1, 0.15) is 10.7 Å². The molecule has 1 saturated heterocycles. The maximum atomic E-state index is 12.8. The minimum atomic E-state index is -0.238. The Hall–Kier alpha value is -2.48. The molecule has 0 aromatic carbocycles. The van der Waals surface area contributed by atoms with Crippen LogP contribution in [-0.4, -0.2) is 51.6 Å². The van der Waals surface area contributed by atoms with Crippen molar-refractivity contribution in [2.75, 3.05) is 19.6 Å². The van der Waals surface area contributed by atoms with Gasteiger partial charge in [-0.15, -0.1) is 11.3 Å². The summed E-state index contributed by atoms with van der Waals surface area (Å²) in [5.74, 6) is -0.238. The highest BCUT2D eigenvalue weighted by Gasteiger charge is 2.32. The van der Waals surface area contributed by atoms with E-state index in [0.717, 1.165) is 36.3 Å². The summed E-state index contributed by atoms with van der Waals surface area (Å²) < 4.78 is 0. The van der Waals surface area contributed by atoms with Crippen molar-refractivity contribution < 1.29 is 9.59 Å². The second-order valence-electron chi connectivity index (χ2n) is 6.12. The van der Waals surface area contributed by atoms with Gasteiger partial charge in [0.05, 0.1) is 0 Å². The molecule has 0 saturated carbocycles. The predicted octanol–water partition coefficient (Wildman–Crippen LogP) is 3.17. The molecule has 1 fully saturated rings. The summed E-state index contributed by atoms with van der Waals surface area (Å²) in [4.78, 5) is 33.7. The molecule has 1 aliphatic heterocycles. The van der Waals surface area contributed by atoms with Gasteiger partial charge in [0, 0.05) is 43.0 Å². The van der Waals surface area contributed by atoms with Crippen LogP contribution in [0.4, 0.5) is 4.79 Å². The van der Waals surface area contributed by atoms with E-state index in [4.69, 9.17) is 0 Å². The fourth-order valence-electron chi connectivity index (χ4n) is 2.82. The Morgan fingerprint density at radius 2 is 2.12 bits per heavy atom. The lowest BCUT2D eigenvalue weighted by Gasteiger charge is -2.27. The zero-order valence-corrected chi connectivity index (χ0v) is 15.7. The second-order valence-corrected chi connectivity index (χ2v) is 6.98. The molecule has 2 aromatic heterocycles. The first-order valence-electron chi connectivity index (χ1n) is 8.93. The first-order chi connectivity index (χ1) is 12.7. The fraction of sp³-hybridized carbons (Fsp3) is 0.444. The van der Waals surface area contributed by atoms with Crippen LogP contribution in [0.2, 0.25) is 0 Å². The molecule has 0 spiro atoms. The summed E-state index contributed by atoms with van der Waals surface area (Å²) in [6.45, 7) is 3.83. The smallest absolute Gasteiger partial charge is 0.336 e. The van der Waals surface area contributed by atoms with Crippen molar-refractivity contribution >= 4 is 23.3 Å². The van der Waals surface area contributed by atoms with Crippen molar-refractivity contribution in [2.24, 2.45) is 0 Å². The van der Waals surface area contributed by atoms with Gasteiger partial charge >= 0.3 is 6.03 Å². The minimum absolute atomic E-state index is 0.213. The van der Waals surface area contributed by atoms with Gasteiger partial charge in [0.15, 0.2) is 0 Å². The number of rotatable bonds is 6. The molecule has 0 unspecified atom stereocenters. The quantitative estimate of drug-likeness (QED) is 0.789. The van der Waals surface area contributed by atoms with Gasteiger partial charge in [-0.3, -0.25) is 9.78 Å². The molecule has 8 heteroatoms. The van der Waals surface area contributed by atoms with E-state index in [1.54, 1.807) is 17.8 Å². The Labute approximate surface area is 157 Å². The van der Waals surface area contributed by atoms with Crippen molar-refractivity contribution in [3.05, 3.63) is 35.6 Å². The van der Waals surface area contributed by atoms with Crippen LogP contribution >= 0.6 is 11.3 Å². The van der Waals surface area contributed by atoms with Gasteiger partial charge in [-0.05, 0) is 25.0 Å². The van der Waals surface area contributed by atoms with Crippen LogP contribution in [0.25, 0.3) is 10.6 Å². The summed E-state index contributed by atoms with van der Waals surface area (Å²) in [6, 6.07) is 3.53. The number of carbonyl (C=O) groups is 2. The van der Waals surface area contributed by atoms with Gasteiger partial charge in [-0.1, -0.05) is 19.8 Å². The van der Waals surface area contributed by atoms with E-state index < -0.39 is 0 Å². The summed E-state index contributed by atoms with van der Waals surface area (Å²) in [7, 11) is 0. The Morgan fingerprint density at radius 1 is 1.27 bits per heavy atom. The van der Waals surface area contributed by atoms with Gasteiger partial charge in [-0.25, -0.2) is 19.8 Å². The van der Waals surface area contributed by atoms with Gasteiger partial charge in [-0.2, -0.15) is 0 Å². The molecule has 0 aliphatic carbocycles. The van der Waals surface area contributed by atoms with Gasteiger partial charge in [0.2, 0.25) is 0 Å². The average Bonchev–Trinajstić information content (AvgIpc) is 3.35. The van der Waals surface area contributed by atoms with E-state index in [2.05, 4.69) is 22.2 Å². The standard InChI is InChI=1S/C18H23N5O2S/c1-2-3-4-9-20-18(25)23-11-6-10-22(23)17(24)15-13-26-16(21-15)14-7-5-8-19-12-14/h5,7-8,12-13H,2-4,6,9-11H2,1H3,(H,20,25). The van der Waals surface area contributed by atoms with Crippen LogP contribution in [0, 0.1) is 0 Å². The van der Waals surface area contributed by atoms with Gasteiger partial charge < -0.3 is 5.32 Å². The molecule has 1 aliphatic rings. The number of hydrogen-bond donors (Lipinski definition) is 1. The zero-order valence-electron chi connectivity index (χ0n) is 14.9. The lowest BCUT2D eigenvalue weighted by atomic mass is 10.2. The van der Waals surface area contributed by atoms with Crippen molar-refractivity contribution in [3.8, 4) is 10.6 Å². The fourth-order valence-corrected chi connectivity index (χ4v) is 3.61. The van der Waals surface area contributed by atoms with Crippen molar-refractivity contribution in [1.82, 2.24) is 25.3 Å². The van der Waals surface area contributed by atoms with Crippen molar-refractivity contribution in [2.45, 2.75) is 32.6 Å². The van der Waals surface area contributed by atoms with Crippen LogP contribution in [0.1, 0.15) is 43.1 Å². The number of pyridine rings is 1. The molecule has 0 radical (unpaired) electrons. The third kappa shape index (κ3) is 4.19. The van der Waals surface area contributed by atoms with Crippen LogP contribution in [-0.2, 0) is 0 Å². The number of nitrogens with zero attached hydrogens (tertiary/aromatic N) is 4. The molecular formula is C18H23N5O2S. The predicted molar refractivity (Wildman–Crippen MR) is 101 cm³/mol. The zero-order chi connectivity index (χ0) is 18.4.